The molecule has 1 unspecified atom stereocenters. The van der Waals surface area contributed by atoms with E-state index in [2.05, 4.69) is 20.6 Å². The topological polar surface area (TPSA) is 131 Å². The minimum Gasteiger partial charge on any atom is -0.497 e. The van der Waals surface area contributed by atoms with Crippen molar-refractivity contribution in [1.82, 2.24) is 10.2 Å². The van der Waals surface area contributed by atoms with Gasteiger partial charge in [0.1, 0.15) is 17.6 Å². The number of hydrogen-bond acceptors (Lipinski definition) is 9. The zero-order chi connectivity index (χ0) is 28.3. The van der Waals surface area contributed by atoms with E-state index in [1.54, 1.807) is 37.4 Å². The third-order valence-electron chi connectivity index (χ3n) is 6.56. The van der Waals surface area contributed by atoms with Crippen LogP contribution in [0, 0.1) is 0 Å². The Bertz CT molecular complexity index is 1590. The number of aliphatic imine (C=N–C) groups is 2. The molecule has 6 rings (SSSR count). The molecule has 3 amide bonds. The first-order valence-electron chi connectivity index (χ1n) is 12.8. The van der Waals surface area contributed by atoms with Gasteiger partial charge in [-0.25, -0.2) is 9.89 Å². The Labute approximate surface area is 239 Å². The fourth-order valence-electron chi connectivity index (χ4n) is 4.53. The molecular formula is C29H25N5O6S. The summed E-state index contributed by atoms with van der Waals surface area (Å²) in [6.07, 6.45) is -0.124. The number of methoxy groups -OCH3 is 1. The first-order valence-corrected chi connectivity index (χ1v) is 13.8. The smallest absolute Gasteiger partial charge is 0.259 e. The van der Waals surface area contributed by atoms with E-state index in [0.29, 0.717) is 45.2 Å². The number of thioether (sulfide) groups is 1. The molecule has 0 saturated heterocycles. The van der Waals surface area contributed by atoms with Gasteiger partial charge in [0.25, 0.3) is 5.91 Å². The van der Waals surface area contributed by atoms with Crippen molar-refractivity contribution in [1.29, 1.82) is 0 Å². The summed E-state index contributed by atoms with van der Waals surface area (Å²) in [5, 5.41) is 6.01. The first kappa shape index (κ1) is 26.4. The van der Waals surface area contributed by atoms with Crippen LogP contribution in [0.5, 0.6) is 17.2 Å². The summed E-state index contributed by atoms with van der Waals surface area (Å²) in [6, 6.07) is 18.9. The number of ether oxygens (including phenoxy) is 3. The zero-order valence-electron chi connectivity index (χ0n) is 22.0. The molecule has 208 valence electrons. The third-order valence-corrected chi connectivity index (χ3v) is 7.50. The van der Waals surface area contributed by atoms with Crippen molar-refractivity contribution in [2.24, 2.45) is 9.98 Å². The summed E-state index contributed by atoms with van der Waals surface area (Å²) in [5.41, 5.74) is 2.80. The van der Waals surface area contributed by atoms with Crippen LogP contribution in [0.25, 0.3) is 0 Å². The predicted molar refractivity (Wildman–Crippen MR) is 154 cm³/mol. The summed E-state index contributed by atoms with van der Waals surface area (Å²) in [7, 11) is 1.57. The standard InChI is InChI=1S/C29H25N5O6S/c1-38-19-9-7-18(8-10-19)31-26(36)15-41-29-33-21-5-3-2-4-20(21)27-32-22(28(37)34(27)29)13-25(35)30-14-17-6-11-23-24(12-17)40-16-39-23/h2-12,22H,13-16H2,1H3,(H,30,35)(H,31,36). The number of nitrogens with zero attached hydrogens (tertiary/aromatic N) is 3. The fraction of sp³-hybridized carbons (Fsp3) is 0.207. The highest BCUT2D eigenvalue weighted by Gasteiger charge is 2.42. The molecule has 3 heterocycles. The van der Waals surface area contributed by atoms with Gasteiger partial charge in [-0.05, 0) is 54.1 Å². The van der Waals surface area contributed by atoms with Crippen LogP contribution >= 0.6 is 11.8 Å². The minimum atomic E-state index is -0.910. The number of anilines is 1. The molecule has 11 nitrogen and oxygen atoms in total. The van der Waals surface area contributed by atoms with Crippen molar-refractivity contribution in [3.05, 3.63) is 77.9 Å². The van der Waals surface area contributed by atoms with E-state index < -0.39 is 6.04 Å². The lowest BCUT2D eigenvalue weighted by Crippen LogP contribution is -2.42. The Balaban J connectivity index is 1.11. The van der Waals surface area contributed by atoms with Gasteiger partial charge in [0.2, 0.25) is 18.6 Å². The number of fused-ring (bicyclic) bond motifs is 4. The number of nitrogens with one attached hydrogen (secondary N) is 2. The molecule has 0 aromatic heterocycles. The first-order chi connectivity index (χ1) is 20.0. The monoisotopic (exact) mass is 571 g/mol. The number of amidine groups is 2. The van der Waals surface area contributed by atoms with E-state index >= 15 is 0 Å². The number of carbonyl (C=O) groups excluding carboxylic acids is 3. The van der Waals surface area contributed by atoms with Gasteiger partial charge in [0.15, 0.2) is 16.7 Å². The number of rotatable bonds is 8. The number of benzene rings is 3. The number of amides is 3. The quantitative estimate of drug-likeness (QED) is 0.423. The molecule has 0 spiro atoms. The maximum absolute atomic E-state index is 13.5. The molecule has 3 aliphatic heterocycles. The Morgan fingerprint density at radius 2 is 1.85 bits per heavy atom. The van der Waals surface area contributed by atoms with Crippen LogP contribution in [-0.4, -0.2) is 59.3 Å². The van der Waals surface area contributed by atoms with Gasteiger partial charge in [-0.15, -0.1) is 0 Å². The predicted octanol–water partition coefficient (Wildman–Crippen LogP) is 3.46. The summed E-state index contributed by atoms with van der Waals surface area (Å²) in [5.74, 6) is 1.48. The van der Waals surface area contributed by atoms with Crippen LogP contribution in [0.1, 0.15) is 17.5 Å². The lowest BCUT2D eigenvalue weighted by Gasteiger charge is -2.25. The van der Waals surface area contributed by atoms with E-state index in [1.807, 2.05) is 36.4 Å². The third kappa shape index (κ3) is 5.59. The van der Waals surface area contributed by atoms with Crippen molar-refractivity contribution in [2.45, 2.75) is 19.0 Å². The molecular weight excluding hydrogens is 546 g/mol. The van der Waals surface area contributed by atoms with Crippen LogP contribution in [0.4, 0.5) is 11.4 Å². The van der Waals surface area contributed by atoms with Crippen molar-refractivity contribution in [2.75, 3.05) is 25.0 Å². The van der Waals surface area contributed by atoms with Gasteiger partial charge in [-0.2, -0.15) is 0 Å². The number of para-hydroxylation sites is 1. The van der Waals surface area contributed by atoms with Crippen LogP contribution in [0.15, 0.2) is 76.7 Å². The van der Waals surface area contributed by atoms with Crippen LogP contribution in [-0.2, 0) is 20.9 Å². The van der Waals surface area contributed by atoms with E-state index in [1.165, 1.54) is 4.90 Å². The molecule has 41 heavy (non-hydrogen) atoms. The molecule has 3 aromatic rings. The second-order valence-electron chi connectivity index (χ2n) is 9.29. The summed E-state index contributed by atoms with van der Waals surface area (Å²) in [4.78, 5) is 49.6. The lowest BCUT2D eigenvalue weighted by atomic mass is 10.1. The molecule has 1 atom stereocenters. The molecule has 0 radical (unpaired) electrons. The van der Waals surface area contributed by atoms with Gasteiger partial charge >= 0.3 is 0 Å². The molecule has 2 N–H and O–H groups in total. The highest BCUT2D eigenvalue weighted by atomic mass is 32.2. The molecule has 3 aliphatic rings. The Morgan fingerprint density at radius 1 is 1.05 bits per heavy atom. The molecule has 3 aromatic carbocycles. The van der Waals surface area contributed by atoms with Crippen molar-refractivity contribution >= 4 is 51.9 Å². The van der Waals surface area contributed by atoms with Crippen LogP contribution in [0.3, 0.4) is 0 Å². The maximum atomic E-state index is 13.5. The Kier molecular flexibility index (Phi) is 7.30. The average Bonchev–Trinajstić information content (AvgIpc) is 3.59. The zero-order valence-corrected chi connectivity index (χ0v) is 22.8. The molecule has 0 aliphatic carbocycles. The van der Waals surface area contributed by atoms with Crippen molar-refractivity contribution in [3.63, 3.8) is 0 Å². The summed E-state index contributed by atoms with van der Waals surface area (Å²) in [6.45, 7) is 0.442. The van der Waals surface area contributed by atoms with Gasteiger partial charge in [-0.1, -0.05) is 30.0 Å². The van der Waals surface area contributed by atoms with E-state index in [0.717, 1.165) is 17.3 Å². The van der Waals surface area contributed by atoms with Gasteiger partial charge < -0.3 is 24.8 Å². The lowest BCUT2D eigenvalue weighted by molar-refractivity contribution is -0.128. The molecule has 0 fully saturated rings. The van der Waals surface area contributed by atoms with Gasteiger partial charge in [0.05, 0.1) is 25.0 Å². The minimum absolute atomic E-state index is 0.0186. The maximum Gasteiger partial charge on any atom is 0.259 e. The normalized spacial score (nSPS) is 16.4. The second kappa shape index (κ2) is 11.3. The van der Waals surface area contributed by atoms with E-state index in [9.17, 15) is 14.4 Å². The Hall–Kier alpha value is -4.84. The molecule has 0 bridgehead atoms. The van der Waals surface area contributed by atoms with Gasteiger partial charge in [0, 0.05) is 17.8 Å². The molecule has 0 saturated carbocycles. The van der Waals surface area contributed by atoms with Crippen LogP contribution in [0.2, 0.25) is 0 Å². The number of carbonyl (C=O) groups is 3. The number of hydrogen-bond donors (Lipinski definition) is 2. The van der Waals surface area contributed by atoms with Crippen molar-refractivity contribution in [3.8, 4) is 17.2 Å². The van der Waals surface area contributed by atoms with Gasteiger partial charge in [-0.3, -0.25) is 19.4 Å². The highest BCUT2D eigenvalue weighted by Crippen LogP contribution is 2.35. The largest absolute Gasteiger partial charge is 0.497 e. The summed E-state index contributed by atoms with van der Waals surface area (Å²) < 4.78 is 15.9. The fourth-order valence-corrected chi connectivity index (χ4v) is 5.33. The van der Waals surface area contributed by atoms with E-state index in [4.69, 9.17) is 14.2 Å². The Morgan fingerprint density at radius 3 is 2.68 bits per heavy atom. The summed E-state index contributed by atoms with van der Waals surface area (Å²) >= 11 is 1.13. The highest BCUT2D eigenvalue weighted by molar-refractivity contribution is 8.14. The van der Waals surface area contributed by atoms with E-state index in [-0.39, 0.29) is 43.2 Å². The second-order valence-corrected chi connectivity index (χ2v) is 10.2. The molecule has 12 heteroatoms. The van der Waals surface area contributed by atoms with Crippen LogP contribution < -0.4 is 24.8 Å². The SMILES string of the molecule is COc1ccc(NC(=O)CSC2=Nc3ccccc3C3=NC(CC(=O)NCc4ccc5c(c4)OCO5)C(=O)N23)cc1. The van der Waals surface area contributed by atoms with Crippen molar-refractivity contribution < 1.29 is 28.6 Å². The average molecular weight is 572 g/mol.